The van der Waals surface area contributed by atoms with Crippen LogP contribution in [-0.2, 0) is 9.53 Å². The fraction of sp³-hybridized carbons (Fsp3) is 0.700. The van der Waals surface area contributed by atoms with E-state index in [4.69, 9.17) is 9.84 Å². The Labute approximate surface area is 85.0 Å². The summed E-state index contributed by atoms with van der Waals surface area (Å²) in [5, 5.41) is 11.4. The van der Waals surface area contributed by atoms with Crippen LogP contribution in [0.5, 0.6) is 0 Å². The molecular formula is C10H19NO3. The Balaban J connectivity index is 3.58. The van der Waals surface area contributed by atoms with Crippen molar-refractivity contribution < 1.29 is 14.6 Å². The summed E-state index contributed by atoms with van der Waals surface area (Å²) in [5.41, 5.74) is -0.203. The summed E-state index contributed by atoms with van der Waals surface area (Å²) in [6.45, 7) is 7.86. The van der Waals surface area contributed by atoms with E-state index >= 15 is 0 Å². The van der Waals surface area contributed by atoms with E-state index in [0.717, 1.165) is 6.08 Å². The molecule has 14 heavy (non-hydrogen) atoms. The summed E-state index contributed by atoms with van der Waals surface area (Å²) >= 11 is 0. The maximum Gasteiger partial charge on any atom is 0.328 e. The third-order valence-electron chi connectivity index (χ3n) is 1.61. The van der Waals surface area contributed by atoms with Crippen molar-refractivity contribution >= 4 is 5.97 Å². The molecule has 0 rings (SSSR count). The summed E-state index contributed by atoms with van der Waals surface area (Å²) in [4.78, 5) is 10.1. The Morgan fingerprint density at radius 1 is 1.57 bits per heavy atom. The molecule has 4 nitrogen and oxygen atoms in total. The van der Waals surface area contributed by atoms with Gasteiger partial charge in [-0.05, 0) is 20.8 Å². The minimum absolute atomic E-state index is 0.203. The van der Waals surface area contributed by atoms with Gasteiger partial charge in [-0.2, -0.15) is 0 Å². The lowest BCUT2D eigenvalue weighted by Crippen LogP contribution is -2.37. The SMILES string of the molecule is CCOC(C)(C)CNC/C=C/C(=O)O. The van der Waals surface area contributed by atoms with Crippen molar-refractivity contribution in [1.29, 1.82) is 0 Å². The first-order valence-corrected chi connectivity index (χ1v) is 4.72. The van der Waals surface area contributed by atoms with Gasteiger partial charge in [-0.15, -0.1) is 0 Å². The van der Waals surface area contributed by atoms with E-state index < -0.39 is 5.97 Å². The molecule has 4 heteroatoms. The second kappa shape index (κ2) is 6.56. The zero-order chi connectivity index (χ0) is 11.0. The smallest absolute Gasteiger partial charge is 0.328 e. The zero-order valence-electron chi connectivity index (χ0n) is 9.04. The maximum absolute atomic E-state index is 10.1. The number of carboxylic acids is 1. The van der Waals surface area contributed by atoms with Crippen molar-refractivity contribution in [1.82, 2.24) is 5.32 Å². The molecule has 0 fully saturated rings. The summed E-state index contributed by atoms with van der Waals surface area (Å²) in [5.74, 6) is -0.920. The fourth-order valence-electron chi connectivity index (χ4n) is 1.06. The molecule has 0 aliphatic heterocycles. The van der Waals surface area contributed by atoms with E-state index in [9.17, 15) is 4.79 Å². The number of carbonyl (C=O) groups is 1. The third-order valence-corrected chi connectivity index (χ3v) is 1.61. The fourth-order valence-corrected chi connectivity index (χ4v) is 1.06. The molecule has 0 saturated heterocycles. The van der Waals surface area contributed by atoms with Crippen molar-refractivity contribution in [3.8, 4) is 0 Å². The largest absolute Gasteiger partial charge is 0.478 e. The zero-order valence-corrected chi connectivity index (χ0v) is 9.04. The van der Waals surface area contributed by atoms with E-state index in [0.29, 0.717) is 19.7 Å². The van der Waals surface area contributed by atoms with Crippen LogP contribution in [0.3, 0.4) is 0 Å². The molecule has 0 aliphatic rings. The Morgan fingerprint density at radius 3 is 2.71 bits per heavy atom. The molecule has 0 bridgehead atoms. The minimum atomic E-state index is -0.920. The van der Waals surface area contributed by atoms with E-state index in [2.05, 4.69) is 5.32 Å². The lowest BCUT2D eigenvalue weighted by molar-refractivity contribution is -0.131. The van der Waals surface area contributed by atoms with Crippen LogP contribution in [-0.4, -0.2) is 36.4 Å². The molecule has 0 aromatic carbocycles. The van der Waals surface area contributed by atoms with E-state index in [1.54, 1.807) is 6.08 Å². The molecule has 0 spiro atoms. The van der Waals surface area contributed by atoms with Gasteiger partial charge in [0, 0.05) is 25.8 Å². The summed E-state index contributed by atoms with van der Waals surface area (Å²) < 4.78 is 5.45. The van der Waals surface area contributed by atoms with Crippen LogP contribution < -0.4 is 5.32 Å². The first kappa shape index (κ1) is 13.1. The van der Waals surface area contributed by atoms with E-state index in [1.807, 2.05) is 20.8 Å². The van der Waals surface area contributed by atoms with Crippen molar-refractivity contribution in [3.05, 3.63) is 12.2 Å². The van der Waals surface area contributed by atoms with Gasteiger partial charge in [0.15, 0.2) is 0 Å². The van der Waals surface area contributed by atoms with Gasteiger partial charge < -0.3 is 15.2 Å². The molecule has 0 aliphatic carbocycles. The molecule has 0 aromatic rings. The molecule has 82 valence electrons. The third kappa shape index (κ3) is 7.76. The highest BCUT2D eigenvalue weighted by atomic mass is 16.5. The Bertz CT molecular complexity index is 200. The van der Waals surface area contributed by atoms with E-state index in [-0.39, 0.29) is 5.60 Å². The van der Waals surface area contributed by atoms with Crippen LogP contribution in [0.1, 0.15) is 20.8 Å². The summed E-state index contributed by atoms with van der Waals surface area (Å²) in [6, 6.07) is 0. The van der Waals surface area contributed by atoms with Crippen LogP contribution >= 0.6 is 0 Å². The molecule has 0 amide bonds. The van der Waals surface area contributed by atoms with Gasteiger partial charge in [0.1, 0.15) is 0 Å². The Kier molecular flexibility index (Phi) is 6.16. The summed E-state index contributed by atoms with van der Waals surface area (Å²) in [7, 11) is 0. The highest BCUT2D eigenvalue weighted by Gasteiger charge is 2.15. The van der Waals surface area contributed by atoms with Gasteiger partial charge in [0.2, 0.25) is 0 Å². The second-order valence-corrected chi connectivity index (χ2v) is 3.56. The predicted octanol–water partition coefficient (Wildman–Crippen LogP) is 1.03. The van der Waals surface area contributed by atoms with Crippen LogP contribution in [0.15, 0.2) is 12.2 Å². The Morgan fingerprint density at radius 2 is 2.21 bits per heavy atom. The molecule has 0 aromatic heterocycles. The van der Waals surface area contributed by atoms with Crippen LogP contribution in [0.2, 0.25) is 0 Å². The van der Waals surface area contributed by atoms with Gasteiger partial charge >= 0.3 is 5.97 Å². The molecule has 0 heterocycles. The van der Waals surface area contributed by atoms with Gasteiger partial charge in [0.25, 0.3) is 0 Å². The van der Waals surface area contributed by atoms with Crippen molar-refractivity contribution in [3.63, 3.8) is 0 Å². The average molecular weight is 201 g/mol. The van der Waals surface area contributed by atoms with Gasteiger partial charge in [-0.1, -0.05) is 6.08 Å². The highest BCUT2D eigenvalue weighted by molar-refractivity contribution is 5.79. The molecule has 0 unspecified atom stereocenters. The van der Waals surface area contributed by atoms with Gasteiger partial charge in [-0.25, -0.2) is 4.79 Å². The highest BCUT2D eigenvalue weighted by Crippen LogP contribution is 2.06. The first-order valence-electron chi connectivity index (χ1n) is 4.72. The number of nitrogens with one attached hydrogen (secondary N) is 1. The predicted molar refractivity (Wildman–Crippen MR) is 55.4 cm³/mol. The number of carboxylic acid groups (broad SMARTS) is 1. The second-order valence-electron chi connectivity index (χ2n) is 3.56. The van der Waals surface area contributed by atoms with Gasteiger partial charge in [0.05, 0.1) is 5.60 Å². The molecule has 2 N–H and O–H groups in total. The van der Waals surface area contributed by atoms with Gasteiger partial charge in [-0.3, -0.25) is 0 Å². The first-order chi connectivity index (χ1) is 6.48. The Hall–Kier alpha value is -0.870. The maximum atomic E-state index is 10.1. The van der Waals surface area contributed by atoms with Crippen LogP contribution in [0, 0.1) is 0 Å². The van der Waals surface area contributed by atoms with Crippen LogP contribution in [0.25, 0.3) is 0 Å². The molecule has 0 radical (unpaired) electrons. The van der Waals surface area contributed by atoms with Crippen molar-refractivity contribution in [2.75, 3.05) is 19.7 Å². The standard InChI is InChI=1S/C10H19NO3/c1-4-14-10(2,3)8-11-7-5-6-9(12)13/h5-6,11H,4,7-8H2,1-3H3,(H,12,13)/b6-5+. The number of ether oxygens (including phenoxy) is 1. The van der Waals surface area contributed by atoms with Crippen LogP contribution in [0.4, 0.5) is 0 Å². The molecule has 0 atom stereocenters. The quantitative estimate of drug-likeness (QED) is 0.477. The average Bonchev–Trinajstić information content (AvgIpc) is 2.02. The number of aliphatic carboxylic acids is 1. The molecular weight excluding hydrogens is 182 g/mol. The molecule has 0 saturated carbocycles. The summed E-state index contributed by atoms with van der Waals surface area (Å²) in [6.07, 6.45) is 2.70. The normalized spacial score (nSPS) is 12.2. The topological polar surface area (TPSA) is 58.6 Å². The lowest BCUT2D eigenvalue weighted by Gasteiger charge is -2.24. The number of hydrogen-bond acceptors (Lipinski definition) is 3. The number of rotatable bonds is 7. The lowest BCUT2D eigenvalue weighted by atomic mass is 10.1. The number of hydrogen-bond donors (Lipinski definition) is 2. The van der Waals surface area contributed by atoms with Crippen molar-refractivity contribution in [2.45, 2.75) is 26.4 Å². The van der Waals surface area contributed by atoms with Crippen molar-refractivity contribution in [2.24, 2.45) is 0 Å². The minimum Gasteiger partial charge on any atom is -0.478 e. The van der Waals surface area contributed by atoms with E-state index in [1.165, 1.54) is 0 Å². The monoisotopic (exact) mass is 201 g/mol.